The highest BCUT2D eigenvalue weighted by Crippen LogP contribution is 2.30. The summed E-state index contributed by atoms with van der Waals surface area (Å²) < 4.78 is 75.8. The SMILES string of the molecule is O=POc1c(F)c(F)c(F)c(F)c1F. The van der Waals surface area contributed by atoms with Crippen LogP contribution in [0.3, 0.4) is 0 Å². The lowest BCUT2D eigenvalue weighted by Crippen LogP contribution is -2.02. The van der Waals surface area contributed by atoms with Gasteiger partial charge in [0.15, 0.2) is 0 Å². The molecular formula is C6F5O2P. The fraction of sp³-hybridized carbons (Fsp3) is 0. The zero-order chi connectivity index (χ0) is 10.9. The van der Waals surface area contributed by atoms with Gasteiger partial charge in [0.1, 0.15) is 0 Å². The Morgan fingerprint density at radius 3 is 1.50 bits per heavy atom. The minimum Gasteiger partial charge on any atom is -0.401 e. The van der Waals surface area contributed by atoms with Crippen LogP contribution in [0.4, 0.5) is 22.0 Å². The molecule has 0 aromatic heterocycles. The molecule has 0 saturated carbocycles. The highest BCUT2D eigenvalue weighted by atomic mass is 31.1. The minimum absolute atomic E-state index is 1.22. The van der Waals surface area contributed by atoms with E-state index in [0.29, 0.717) is 0 Å². The van der Waals surface area contributed by atoms with E-state index in [4.69, 9.17) is 0 Å². The fourth-order valence-corrected chi connectivity index (χ4v) is 0.937. The number of halogens is 5. The summed E-state index contributed by atoms with van der Waals surface area (Å²) in [6.07, 6.45) is 0. The second-order valence-corrected chi connectivity index (χ2v) is 2.40. The lowest BCUT2D eigenvalue weighted by molar-refractivity contribution is 0.351. The largest absolute Gasteiger partial charge is 0.401 e. The van der Waals surface area contributed by atoms with Gasteiger partial charge in [0.2, 0.25) is 34.8 Å². The van der Waals surface area contributed by atoms with E-state index < -0.39 is 43.5 Å². The quantitative estimate of drug-likeness (QED) is 0.338. The molecule has 0 unspecified atom stereocenters. The molecular weight excluding hydrogens is 230 g/mol. The Balaban J connectivity index is 3.50. The predicted molar refractivity (Wildman–Crippen MR) is 34.5 cm³/mol. The molecule has 1 rings (SSSR count). The van der Waals surface area contributed by atoms with Crippen molar-refractivity contribution in [2.75, 3.05) is 0 Å². The Morgan fingerprint density at radius 2 is 1.14 bits per heavy atom. The molecule has 0 radical (unpaired) electrons. The highest BCUT2D eigenvalue weighted by Gasteiger charge is 2.27. The maximum Gasteiger partial charge on any atom is 0.396 e. The summed E-state index contributed by atoms with van der Waals surface area (Å²) in [6, 6.07) is 0. The van der Waals surface area contributed by atoms with Crippen LogP contribution in [-0.2, 0) is 4.57 Å². The van der Waals surface area contributed by atoms with Crippen molar-refractivity contribution in [3.05, 3.63) is 29.1 Å². The van der Waals surface area contributed by atoms with Gasteiger partial charge in [0.25, 0.3) is 0 Å². The van der Waals surface area contributed by atoms with E-state index in [1.54, 1.807) is 0 Å². The first kappa shape index (κ1) is 10.8. The Labute approximate surface area is 75.6 Å². The van der Waals surface area contributed by atoms with Crippen LogP contribution < -0.4 is 4.52 Å². The molecule has 14 heavy (non-hydrogen) atoms. The van der Waals surface area contributed by atoms with E-state index >= 15 is 0 Å². The molecule has 0 N–H and O–H groups in total. The topological polar surface area (TPSA) is 26.3 Å². The molecule has 0 aliphatic rings. The Hall–Kier alpha value is -1.23. The standard InChI is InChI=1S/C6F5O2P/c7-1-2(8)4(10)6(13-14-12)5(11)3(1)9. The molecule has 0 fully saturated rings. The van der Waals surface area contributed by atoms with Crippen LogP contribution in [0.5, 0.6) is 5.75 Å². The molecule has 0 heterocycles. The summed E-state index contributed by atoms with van der Waals surface area (Å²) in [5.41, 5.74) is 0. The van der Waals surface area contributed by atoms with E-state index in [0.717, 1.165) is 0 Å². The number of benzene rings is 1. The zero-order valence-corrected chi connectivity index (χ0v) is 7.05. The van der Waals surface area contributed by atoms with Crippen LogP contribution >= 0.6 is 8.69 Å². The van der Waals surface area contributed by atoms with Crippen molar-refractivity contribution in [2.24, 2.45) is 0 Å². The third-order valence-electron chi connectivity index (χ3n) is 1.30. The highest BCUT2D eigenvalue weighted by molar-refractivity contribution is 7.17. The van der Waals surface area contributed by atoms with Crippen molar-refractivity contribution >= 4 is 8.69 Å². The maximum absolute atomic E-state index is 12.6. The summed E-state index contributed by atoms with van der Waals surface area (Å²) in [5, 5.41) is 0. The summed E-state index contributed by atoms with van der Waals surface area (Å²) in [4.78, 5) is 0. The molecule has 8 heteroatoms. The van der Waals surface area contributed by atoms with Crippen LogP contribution in [0.2, 0.25) is 0 Å². The van der Waals surface area contributed by atoms with E-state index in [1.807, 2.05) is 0 Å². The third kappa shape index (κ3) is 1.55. The monoisotopic (exact) mass is 230 g/mol. The lowest BCUT2D eigenvalue weighted by Gasteiger charge is -2.03. The fourth-order valence-electron chi connectivity index (χ4n) is 0.702. The van der Waals surface area contributed by atoms with Crippen LogP contribution in [0.15, 0.2) is 0 Å². The lowest BCUT2D eigenvalue weighted by atomic mass is 10.3. The van der Waals surface area contributed by atoms with Gasteiger partial charge in [-0.3, -0.25) is 0 Å². The molecule has 0 aliphatic carbocycles. The van der Waals surface area contributed by atoms with Gasteiger partial charge in [-0.1, -0.05) is 0 Å². The van der Waals surface area contributed by atoms with Gasteiger partial charge in [0.05, 0.1) is 0 Å². The first-order chi connectivity index (χ1) is 6.50. The van der Waals surface area contributed by atoms with Crippen molar-refractivity contribution < 1.29 is 31.0 Å². The Bertz CT molecular complexity index is 365. The zero-order valence-electron chi connectivity index (χ0n) is 6.15. The summed E-state index contributed by atoms with van der Waals surface area (Å²) >= 11 is 0. The minimum atomic E-state index is -2.30. The average Bonchev–Trinajstić information content (AvgIpc) is 2.19. The third-order valence-corrected chi connectivity index (χ3v) is 1.56. The summed E-state index contributed by atoms with van der Waals surface area (Å²) in [5.74, 6) is -12.5. The van der Waals surface area contributed by atoms with E-state index in [-0.39, 0.29) is 0 Å². The molecule has 0 atom stereocenters. The van der Waals surface area contributed by atoms with Crippen molar-refractivity contribution in [1.29, 1.82) is 0 Å². The van der Waals surface area contributed by atoms with Crippen LogP contribution in [0.1, 0.15) is 0 Å². The van der Waals surface area contributed by atoms with Crippen molar-refractivity contribution in [3.8, 4) is 5.75 Å². The van der Waals surface area contributed by atoms with Gasteiger partial charge in [0, 0.05) is 0 Å². The first-order valence-corrected chi connectivity index (χ1v) is 3.74. The summed E-state index contributed by atoms with van der Waals surface area (Å²) in [6.45, 7) is 0. The predicted octanol–water partition coefficient (Wildman–Crippen LogP) is 2.97. The molecule has 76 valence electrons. The average molecular weight is 230 g/mol. The van der Waals surface area contributed by atoms with Gasteiger partial charge >= 0.3 is 8.69 Å². The Kier molecular flexibility index (Phi) is 3.00. The molecule has 2 nitrogen and oxygen atoms in total. The van der Waals surface area contributed by atoms with Crippen molar-refractivity contribution in [1.82, 2.24) is 0 Å². The molecule has 1 aromatic carbocycles. The van der Waals surface area contributed by atoms with Gasteiger partial charge in [-0.25, -0.2) is 17.7 Å². The molecule has 0 bridgehead atoms. The van der Waals surface area contributed by atoms with Crippen LogP contribution in [0, 0.1) is 29.1 Å². The van der Waals surface area contributed by atoms with Crippen LogP contribution in [-0.4, -0.2) is 0 Å². The second kappa shape index (κ2) is 3.88. The molecule has 0 spiro atoms. The van der Waals surface area contributed by atoms with Gasteiger partial charge in [-0.2, -0.15) is 8.78 Å². The van der Waals surface area contributed by atoms with E-state index in [2.05, 4.69) is 4.52 Å². The number of hydrogen-bond acceptors (Lipinski definition) is 2. The Morgan fingerprint density at radius 1 is 0.786 bits per heavy atom. The molecule has 0 saturated heterocycles. The molecule has 1 aromatic rings. The van der Waals surface area contributed by atoms with Gasteiger partial charge in [-0.15, -0.1) is 0 Å². The number of rotatable bonds is 2. The summed E-state index contributed by atoms with van der Waals surface area (Å²) in [7, 11) is -1.22. The van der Waals surface area contributed by atoms with Crippen molar-refractivity contribution in [3.63, 3.8) is 0 Å². The van der Waals surface area contributed by atoms with Gasteiger partial charge < -0.3 is 4.52 Å². The normalized spacial score (nSPS) is 10.6. The van der Waals surface area contributed by atoms with Crippen LogP contribution in [0.25, 0.3) is 0 Å². The smallest absolute Gasteiger partial charge is 0.396 e. The first-order valence-electron chi connectivity index (χ1n) is 3.01. The molecule has 0 amide bonds. The maximum atomic E-state index is 12.6. The molecule has 0 aliphatic heterocycles. The van der Waals surface area contributed by atoms with Gasteiger partial charge in [-0.05, 0) is 0 Å². The van der Waals surface area contributed by atoms with E-state index in [1.165, 1.54) is 0 Å². The van der Waals surface area contributed by atoms with E-state index in [9.17, 15) is 26.5 Å². The number of hydrogen-bond donors (Lipinski definition) is 0. The second-order valence-electron chi connectivity index (χ2n) is 2.06. The van der Waals surface area contributed by atoms with Crippen molar-refractivity contribution in [2.45, 2.75) is 0 Å².